The van der Waals surface area contributed by atoms with E-state index < -0.39 is 0 Å². The van der Waals surface area contributed by atoms with Crippen LogP contribution < -0.4 is 20.3 Å². The Morgan fingerprint density at radius 3 is 2.64 bits per heavy atom. The van der Waals surface area contributed by atoms with Crippen LogP contribution in [0, 0.1) is 0 Å². The second-order valence-electron chi connectivity index (χ2n) is 9.85. The number of aromatic nitrogens is 5. The van der Waals surface area contributed by atoms with Gasteiger partial charge in [-0.15, -0.1) is 0 Å². The number of hydrogen-bond acceptors (Lipinski definition) is 10. The molecule has 1 aromatic carbocycles. The maximum atomic E-state index is 12.3. The maximum absolute atomic E-state index is 12.3. The minimum atomic E-state index is -0.346. The summed E-state index contributed by atoms with van der Waals surface area (Å²) in [5.74, 6) is 1.52. The molecule has 5 rings (SSSR count). The van der Waals surface area contributed by atoms with Gasteiger partial charge in [-0.05, 0) is 33.2 Å². The molecule has 0 radical (unpaired) electrons. The lowest BCUT2D eigenvalue weighted by molar-refractivity contribution is -0.111. The van der Waals surface area contributed by atoms with Gasteiger partial charge >= 0.3 is 0 Å². The zero-order valence-corrected chi connectivity index (χ0v) is 24.1. The fraction of sp³-hybridized carbons (Fsp3) is 0.300. The van der Waals surface area contributed by atoms with Crippen LogP contribution in [0.3, 0.4) is 0 Å². The molecule has 0 saturated carbocycles. The highest BCUT2D eigenvalue weighted by molar-refractivity contribution is 6.01. The molecule has 0 bridgehead atoms. The van der Waals surface area contributed by atoms with Gasteiger partial charge in [0.25, 0.3) is 0 Å². The Hall–Kier alpha value is -4.81. The minimum absolute atomic E-state index is 0.321. The Morgan fingerprint density at radius 1 is 1.14 bits per heavy atom. The molecule has 3 aromatic heterocycles. The summed E-state index contributed by atoms with van der Waals surface area (Å²) in [4.78, 5) is 30.4. The molecule has 12 heteroatoms. The summed E-state index contributed by atoms with van der Waals surface area (Å²) in [5.41, 5.74) is 4.01. The van der Waals surface area contributed by atoms with E-state index in [-0.39, 0.29) is 5.91 Å². The highest BCUT2D eigenvalue weighted by Crippen LogP contribution is 2.35. The van der Waals surface area contributed by atoms with Gasteiger partial charge in [0.1, 0.15) is 5.69 Å². The van der Waals surface area contributed by atoms with E-state index in [4.69, 9.17) is 24.5 Å². The van der Waals surface area contributed by atoms with Crippen molar-refractivity contribution < 1.29 is 14.3 Å². The second-order valence-corrected chi connectivity index (χ2v) is 9.85. The van der Waals surface area contributed by atoms with Crippen molar-refractivity contribution in [2.45, 2.75) is 13.5 Å². The first-order valence-electron chi connectivity index (χ1n) is 13.8. The summed E-state index contributed by atoms with van der Waals surface area (Å²) in [6.45, 7) is 8.99. The number of benzene rings is 1. The van der Waals surface area contributed by atoms with Crippen LogP contribution in [0.5, 0.6) is 5.88 Å². The molecule has 0 atom stereocenters. The average Bonchev–Trinajstić information content (AvgIpc) is 3.42. The highest BCUT2D eigenvalue weighted by Gasteiger charge is 2.22. The molecule has 0 spiro atoms. The molecule has 1 saturated heterocycles. The zero-order chi connectivity index (χ0) is 29.5. The fourth-order valence-electron chi connectivity index (χ4n) is 4.60. The number of carbonyl (C=O) groups is 1. The van der Waals surface area contributed by atoms with Gasteiger partial charge in [-0.2, -0.15) is 15.1 Å². The van der Waals surface area contributed by atoms with Gasteiger partial charge < -0.3 is 29.9 Å². The number of pyridine rings is 1. The molecule has 12 nitrogen and oxygen atoms in total. The summed E-state index contributed by atoms with van der Waals surface area (Å²) in [7, 11) is 4.05. The van der Waals surface area contributed by atoms with E-state index in [1.807, 2.05) is 57.5 Å². The number of anilines is 4. The third-order valence-corrected chi connectivity index (χ3v) is 6.45. The smallest absolute Gasteiger partial charge is 0.247 e. The molecule has 1 aliphatic heterocycles. The van der Waals surface area contributed by atoms with Gasteiger partial charge in [0, 0.05) is 49.2 Å². The molecule has 4 aromatic rings. The molecule has 42 heavy (non-hydrogen) atoms. The number of hydrogen-bond donors (Lipinski definition) is 2. The van der Waals surface area contributed by atoms with Gasteiger partial charge in [-0.1, -0.05) is 36.9 Å². The lowest BCUT2D eigenvalue weighted by Gasteiger charge is -2.30. The lowest BCUT2D eigenvalue weighted by atomic mass is 10.1. The van der Waals surface area contributed by atoms with Crippen LogP contribution in [-0.2, 0) is 16.1 Å². The quantitative estimate of drug-likeness (QED) is 0.257. The van der Waals surface area contributed by atoms with E-state index in [0.29, 0.717) is 67.7 Å². The topological polar surface area (TPSA) is 123 Å². The molecule has 2 N–H and O–H groups in total. The first-order valence-corrected chi connectivity index (χ1v) is 13.8. The number of amides is 1. The van der Waals surface area contributed by atoms with Gasteiger partial charge in [0.15, 0.2) is 11.6 Å². The number of carbonyl (C=O) groups excluding carboxylic acids is 1. The number of morpholine rings is 1. The fourth-order valence-corrected chi connectivity index (χ4v) is 4.60. The van der Waals surface area contributed by atoms with E-state index in [9.17, 15) is 4.79 Å². The van der Waals surface area contributed by atoms with Gasteiger partial charge in [0.05, 0.1) is 31.2 Å². The first kappa shape index (κ1) is 28.7. The van der Waals surface area contributed by atoms with E-state index in [1.165, 1.54) is 6.08 Å². The number of ether oxygens (including phenoxy) is 2. The standard InChI is InChI=1S/C30H35N9O3/c1-5-26(40)32-23-18-24(29(42-6-2)35-28(23)38-14-16-41-17-15-38)33-30-31-13-12-25(34-30)39-20-22(19-37(3)4)27(36-39)21-10-8-7-9-11-21/h5,7-13,18,20H,1,6,14-17,19H2,2-4H3,(H,32,40)(H,31,33,34). The van der Waals surface area contributed by atoms with Crippen LogP contribution in [0.1, 0.15) is 12.5 Å². The van der Waals surface area contributed by atoms with E-state index >= 15 is 0 Å². The zero-order valence-electron chi connectivity index (χ0n) is 24.1. The predicted molar refractivity (Wildman–Crippen MR) is 163 cm³/mol. The molecule has 1 aliphatic rings. The van der Waals surface area contributed by atoms with Crippen LogP contribution in [0.4, 0.5) is 23.1 Å². The Morgan fingerprint density at radius 2 is 1.93 bits per heavy atom. The molecule has 1 fully saturated rings. The average molecular weight is 570 g/mol. The molecule has 218 valence electrons. The summed E-state index contributed by atoms with van der Waals surface area (Å²) in [5, 5.41) is 11.0. The van der Waals surface area contributed by atoms with E-state index in [2.05, 4.69) is 32.0 Å². The monoisotopic (exact) mass is 569 g/mol. The Bertz CT molecular complexity index is 1530. The van der Waals surface area contributed by atoms with Crippen molar-refractivity contribution >= 4 is 29.0 Å². The number of nitrogens with zero attached hydrogens (tertiary/aromatic N) is 7. The van der Waals surface area contributed by atoms with Crippen molar-refractivity contribution in [1.29, 1.82) is 0 Å². The normalized spacial score (nSPS) is 13.2. The largest absolute Gasteiger partial charge is 0.476 e. The molecule has 4 heterocycles. The predicted octanol–water partition coefficient (Wildman–Crippen LogP) is 3.89. The van der Waals surface area contributed by atoms with E-state index in [0.717, 1.165) is 23.4 Å². The van der Waals surface area contributed by atoms with Gasteiger partial charge in [-0.3, -0.25) is 4.79 Å². The van der Waals surface area contributed by atoms with Crippen molar-refractivity contribution in [2.75, 3.05) is 62.5 Å². The summed E-state index contributed by atoms with van der Waals surface area (Å²) in [6, 6.07) is 13.7. The Balaban J connectivity index is 1.50. The molecular weight excluding hydrogens is 534 g/mol. The Kier molecular flexibility index (Phi) is 9.05. The minimum Gasteiger partial charge on any atom is -0.476 e. The molecule has 0 aliphatic carbocycles. The third-order valence-electron chi connectivity index (χ3n) is 6.45. The summed E-state index contributed by atoms with van der Waals surface area (Å²) in [6.07, 6.45) is 4.87. The van der Waals surface area contributed by atoms with Crippen molar-refractivity contribution in [1.82, 2.24) is 29.6 Å². The second kappa shape index (κ2) is 13.2. The van der Waals surface area contributed by atoms with Crippen molar-refractivity contribution in [3.63, 3.8) is 0 Å². The number of nitrogens with one attached hydrogen (secondary N) is 2. The van der Waals surface area contributed by atoms with Crippen LogP contribution >= 0.6 is 0 Å². The third kappa shape index (κ3) is 6.73. The molecule has 1 amide bonds. The maximum Gasteiger partial charge on any atom is 0.247 e. The molecule has 0 unspecified atom stereocenters. The van der Waals surface area contributed by atoms with Crippen LogP contribution in [0.25, 0.3) is 17.1 Å². The van der Waals surface area contributed by atoms with Crippen molar-refractivity contribution in [3.8, 4) is 23.0 Å². The highest BCUT2D eigenvalue weighted by atomic mass is 16.5. The first-order chi connectivity index (χ1) is 20.4. The van der Waals surface area contributed by atoms with E-state index in [1.54, 1.807) is 23.0 Å². The van der Waals surface area contributed by atoms with Crippen LogP contribution in [0.15, 0.2) is 67.5 Å². The lowest BCUT2D eigenvalue weighted by Crippen LogP contribution is -2.37. The Labute approximate surface area is 245 Å². The number of rotatable bonds is 11. The van der Waals surface area contributed by atoms with Gasteiger partial charge in [0.2, 0.25) is 17.7 Å². The SMILES string of the molecule is C=CC(=O)Nc1cc(Nc2nccc(-n3cc(CN(C)C)c(-c4ccccc4)n3)n2)c(OCC)nc1N1CCOCC1. The van der Waals surface area contributed by atoms with Crippen LogP contribution in [0.2, 0.25) is 0 Å². The van der Waals surface area contributed by atoms with Gasteiger partial charge in [-0.25, -0.2) is 9.67 Å². The van der Waals surface area contributed by atoms with Crippen molar-refractivity contribution in [3.05, 3.63) is 73.1 Å². The molecular formula is C30H35N9O3. The summed E-state index contributed by atoms with van der Waals surface area (Å²) < 4.78 is 13.2. The summed E-state index contributed by atoms with van der Waals surface area (Å²) >= 11 is 0. The van der Waals surface area contributed by atoms with Crippen LogP contribution in [-0.4, -0.2) is 82.5 Å². The van der Waals surface area contributed by atoms with Crippen molar-refractivity contribution in [2.24, 2.45) is 0 Å².